The standard InChI is InChI=1S/C31H27N3O5S2/c1-2-28(31(37)33-23-11-12-26-27(17-23)39-19-38-26)41-24-10-6-9-22(16-24)32-30(36)25(15-20-13-14-40-18-20)34-29(35)21-7-4-3-5-8-21/h3-18,28H,2,19H2,1H3,(H,32,36)(H,33,37)(H,34,35)/b25-15-. The molecule has 1 aromatic heterocycles. The predicted molar refractivity (Wildman–Crippen MR) is 162 cm³/mol. The van der Waals surface area contributed by atoms with Gasteiger partial charge in [-0.2, -0.15) is 11.3 Å². The van der Waals surface area contributed by atoms with E-state index in [0.717, 1.165) is 10.5 Å². The summed E-state index contributed by atoms with van der Waals surface area (Å²) >= 11 is 2.89. The number of nitrogens with one attached hydrogen (secondary N) is 3. The molecule has 1 aliphatic rings. The molecule has 3 N–H and O–H groups in total. The quantitative estimate of drug-likeness (QED) is 0.147. The lowest BCUT2D eigenvalue weighted by Crippen LogP contribution is -2.30. The van der Waals surface area contributed by atoms with Crippen LogP contribution in [0.4, 0.5) is 11.4 Å². The molecule has 208 valence electrons. The number of ether oxygens (including phenoxy) is 2. The number of rotatable bonds is 10. The molecule has 0 radical (unpaired) electrons. The number of carbonyl (C=O) groups is 3. The maximum absolute atomic E-state index is 13.3. The molecule has 3 aromatic carbocycles. The van der Waals surface area contributed by atoms with Crippen molar-refractivity contribution in [1.29, 1.82) is 0 Å². The average molecular weight is 586 g/mol. The Morgan fingerprint density at radius 3 is 2.51 bits per heavy atom. The van der Waals surface area contributed by atoms with Gasteiger partial charge in [-0.25, -0.2) is 0 Å². The Morgan fingerprint density at radius 2 is 1.73 bits per heavy atom. The number of thiophene rings is 1. The van der Waals surface area contributed by atoms with Gasteiger partial charge in [0.1, 0.15) is 5.70 Å². The molecule has 0 bridgehead atoms. The van der Waals surface area contributed by atoms with E-state index in [1.807, 2.05) is 41.9 Å². The highest BCUT2D eigenvalue weighted by Crippen LogP contribution is 2.35. The lowest BCUT2D eigenvalue weighted by atomic mass is 10.2. The zero-order valence-electron chi connectivity index (χ0n) is 22.1. The molecule has 41 heavy (non-hydrogen) atoms. The van der Waals surface area contributed by atoms with Crippen molar-refractivity contribution in [3.8, 4) is 11.5 Å². The van der Waals surface area contributed by atoms with Crippen LogP contribution in [0.3, 0.4) is 0 Å². The summed E-state index contributed by atoms with van der Waals surface area (Å²) in [7, 11) is 0. The van der Waals surface area contributed by atoms with E-state index in [0.29, 0.717) is 34.9 Å². The van der Waals surface area contributed by atoms with Gasteiger partial charge < -0.3 is 25.4 Å². The predicted octanol–water partition coefficient (Wildman–Crippen LogP) is 6.40. The minimum atomic E-state index is -0.463. The molecule has 2 heterocycles. The van der Waals surface area contributed by atoms with Crippen LogP contribution in [0.25, 0.3) is 6.08 Å². The number of fused-ring (bicyclic) bond motifs is 1. The molecule has 0 fully saturated rings. The lowest BCUT2D eigenvalue weighted by Gasteiger charge is -2.16. The minimum Gasteiger partial charge on any atom is -0.454 e. The highest BCUT2D eigenvalue weighted by atomic mass is 32.2. The first-order valence-corrected chi connectivity index (χ1v) is 14.7. The molecule has 4 aromatic rings. The summed E-state index contributed by atoms with van der Waals surface area (Å²) < 4.78 is 10.7. The van der Waals surface area contributed by atoms with E-state index in [4.69, 9.17) is 9.47 Å². The first kappa shape index (κ1) is 28.0. The maximum atomic E-state index is 13.3. The molecule has 10 heteroatoms. The second kappa shape index (κ2) is 13.2. The van der Waals surface area contributed by atoms with Gasteiger partial charge in [0.05, 0.1) is 5.25 Å². The molecule has 5 rings (SSSR count). The first-order chi connectivity index (χ1) is 20.0. The lowest BCUT2D eigenvalue weighted by molar-refractivity contribution is -0.116. The van der Waals surface area contributed by atoms with Crippen molar-refractivity contribution in [3.05, 3.63) is 106 Å². The Hall–Kier alpha value is -4.54. The molecular weight excluding hydrogens is 558 g/mol. The van der Waals surface area contributed by atoms with E-state index in [1.165, 1.54) is 23.1 Å². The van der Waals surface area contributed by atoms with Gasteiger partial charge in [0.2, 0.25) is 12.7 Å². The third kappa shape index (κ3) is 7.36. The van der Waals surface area contributed by atoms with Crippen molar-refractivity contribution >= 4 is 58.3 Å². The van der Waals surface area contributed by atoms with Gasteiger partial charge >= 0.3 is 0 Å². The van der Waals surface area contributed by atoms with Crippen LogP contribution < -0.4 is 25.4 Å². The number of amides is 3. The van der Waals surface area contributed by atoms with E-state index in [-0.39, 0.29) is 29.6 Å². The Balaban J connectivity index is 1.26. The summed E-state index contributed by atoms with van der Waals surface area (Å²) in [6.07, 6.45) is 2.23. The highest BCUT2D eigenvalue weighted by Gasteiger charge is 2.21. The maximum Gasteiger partial charge on any atom is 0.272 e. The normalized spacial score (nSPS) is 12.9. The monoisotopic (exact) mass is 585 g/mol. The Kier molecular flexibility index (Phi) is 9.02. The SMILES string of the molecule is CCC(Sc1cccc(NC(=O)/C(=C/c2ccsc2)NC(=O)c2ccccc2)c1)C(=O)Nc1ccc2c(c1)OCO2. The van der Waals surface area contributed by atoms with Crippen LogP contribution in [0.5, 0.6) is 11.5 Å². The third-order valence-corrected chi connectivity index (χ3v) is 8.12. The topological polar surface area (TPSA) is 106 Å². The highest BCUT2D eigenvalue weighted by molar-refractivity contribution is 8.00. The fourth-order valence-electron chi connectivity index (χ4n) is 4.00. The fourth-order valence-corrected chi connectivity index (χ4v) is 5.63. The van der Waals surface area contributed by atoms with Crippen molar-refractivity contribution < 1.29 is 23.9 Å². The van der Waals surface area contributed by atoms with Crippen molar-refractivity contribution in [2.45, 2.75) is 23.5 Å². The fraction of sp³-hybridized carbons (Fsp3) is 0.129. The van der Waals surface area contributed by atoms with Crippen molar-refractivity contribution in [3.63, 3.8) is 0 Å². The molecule has 0 aliphatic carbocycles. The number of anilines is 2. The van der Waals surface area contributed by atoms with Crippen LogP contribution in [-0.2, 0) is 9.59 Å². The smallest absolute Gasteiger partial charge is 0.272 e. The number of benzene rings is 3. The number of hydrogen-bond donors (Lipinski definition) is 3. The Morgan fingerprint density at radius 1 is 0.927 bits per heavy atom. The van der Waals surface area contributed by atoms with E-state index < -0.39 is 5.91 Å². The molecule has 0 saturated heterocycles. The zero-order valence-corrected chi connectivity index (χ0v) is 23.7. The molecular formula is C31H27N3O5S2. The van der Waals surface area contributed by atoms with E-state index >= 15 is 0 Å². The van der Waals surface area contributed by atoms with Gasteiger partial charge in [-0.1, -0.05) is 31.2 Å². The van der Waals surface area contributed by atoms with Crippen LogP contribution in [-0.4, -0.2) is 29.8 Å². The molecule has 0 saturated carbocycles. The Labute approximate surface area is 245 Å². The largest absolute Gasteiger partial charge is 0.454 e. The molecule has 1 aliphatic heterocycles. The first-order valence-electron chi connectivity index (χ1n) is 12.9. The van der Waals surface area contributed by atoms with Gasteiger partial charge in [-0.15, -0.1) is 11.8 Å². The second-order valence-electron chi connectivity index (χ2n) is 8.99. The molecule has 1 unspecified atom stereocenters. The Bertz CT molecular complexity index is 1570. The number of carbonyl (C=O) groups excluding carboxylic acids is 3. The number of hydrogen-bond acceptors (Lipinski definition) is 7. The van der Waals surface area contributed by atoms with Gasteiger partial charge in [0, 0.05) is 27.9 Å². The van der Waals surface area contributed by atoms with Crippen LogP contribution in [0.1, 0.15) is 29.3 Å². The van der Waals surface area contributed by atoms with E-state index in [1.54, 1.807) is 60.7 Å². The van der Waals surface area contributed by atoms with Crippen LogP contribution in [0.15, 0.2) is 100 Å². The van der Waals surface area contributed by atoms with Gasteiger partial charge in [0.15, 0.2) is 11.5 Å². The summed E-state index contributed by atoms with van der Waals surface area (Å²) in [4.78, 5) is 40.0. The summed E-state index contributed by atoms with van der Waals surface area (Å²) in [5.74, 6) is 0.256. The molecule has 0 spiro atoms. The van der Waals surface area contributed by atoms with Crippen LogP contribution in [0, 0.1) is 0 Å². The van der Waals surface area contributed by atoms with Crippen molar-refractivity contribution in [2.24, 2.45) is 0 Å². The minimum absolute atomic E-state index is 0.116. The van der Waals surface area contributed by atoms with Crippen LogP contribution >= 0.6 is 23.1 Å². The van der Waals surface area contributed by atoms with Crippen LogP contribution in [0.2, 0.25) is 0 Å². The van der Waals surface area contributed by atoms with Gasteiger partial charge in [-0.05, 0) is 77.4 Å². The van der Waals surface area contributed by atoms with Gasteiger partial charge in [-0.3, -0.25) is 14.4 Å². The van der Waals surface area contributed by atoms with Crippen molar-refractivity contribution in [2.75, 3.05) is 17.4 Å². The summed E-state index contributed by atoms with van der Waals surface area (Å²) in [5.41, 5.74) is 2.53. The molecule has 1 atom stereocenters. The zero-order chi connectivity index (χ0) is 28.6. The number of thioether (sulfide) groups is 1. The summed E-state index contributed by atoms with van der Waals surface area (Å²) in [5, 5.41) is 12.0. The van der Waals surface area contributed by atoms with Gasteiger partial charge in [0.25, 0.3) is 11.8 Å². The molecule has 8 nitrogen and oxygen atoms in total. The third-order valence-electron chi connectivity index (χ3n) is 6.06. The van der Waals surface area contributed by atoms with Crippen molar-refractivity contribution in [1.82, 2.24) is 5.32 Å². The van der Waals surface area contributed by atoms with E-state index in [2.05, 4.69) is 16.0 Å². The average Bonchev–Trinajstić information content (AvgIpc) is 3.68. The molecule has 3 amide bonds. The second-order valence-corrected chi connectivity index (χ2v) is 11.0. The summed E-state index contributed by atoms with van der Waals surface area (Å²) in [6.45, 7) is 2.11. The van der Waals surface area contributed by atoms with E-state index in [9.17, 15) is 14.4 Å². The summed E-state index contributed by atoms with van der Waals surface area (Å²) in [6, 6.07) is 23.1.